The molecule has 0 saturated carbocycles. The third-order valence-corrected chi connectivity index (χ3v) is 4.34. The molecule has 1 aliphatic rings. The molecule has 0 spiro atoms. The second kappa shape index (κ2) is 7.98. The van der Waals surface area contributed by atoms with E-state index in [9.17, 15) is 25.5 Å². The molecule has 1 aliphatic heterocycles. The molecule has 27 heavy (non-hydrogen) atoms. The molecule has 3 rings (SSSR count). The highest BCUT2D eigenvalue weighted by Gasteiger charge is 2.43. The normalized spacial score (nSPS) is 28.4. The van der Waals surface area contributed by atoms with E-state index >= 15 is 0 Å². The van der Waals surface area contributed by atoms with Crippen LogP contribution in [0.4, 0.5) is 0 Å². The number of rotatable bonds is 4. The van der Waals surface area contributed by atoms with Crippen LogP contribution >= 0.6 is 0 Å². The van der Waals surface area contributed by atoms with Crippen molar-refractivity contribution < 1.29 is 35.0 Å². The number of phenolic OH excluding ortho intramolecular Hbond substituents is 2. The Morgan fingerprint density at radius 3 is 2.19 bits per heavy atom. The fourth-order valence-electron chi connectivity index (χ4n) is 2.79. The minimum Gasteiger partial charge on any atom is -0.508 e. The van der Waals surface area contributed by atoms with Gasteiger partial charge in [-0.15, -0.1) is 0 Å². The lowest BCUT2D eigenvalue weighted by atomic mass is 10.00. The van der Waals surface area contributed by atoms with E-state index in [1.165, 1.54) is 12.1 Å². The summed E-state index contributed by atoms with van der Waals surface area (Å²) >= 11 is 0. The van der Waals surface area contributed by atoms with Gasteiger partial charge in [-0.3, -0.25) is 0 Å². The Morgan fingerprint density at radius 2 is 1.48 bits per heavy atom. The lowest BCUT2D eigenvalue weighted by Crippen LogP contribution is -2.58. The number of aromatic hydroxyl groups is 2. The van der Waals surface area contributed by atoms with Crippen LogP contribution < -0.4 is 4.74 Å². The van der Waals surface area contributed by atoms with Crippen LogP contribution in [0.5, 0.6) is 17.2 Å². The minimum absolute atomic E-state index is 0.0446. The number of hydrogen-bond donors (Lipinski definition) is 5. The lowest BCUT2D eigenvalue weighted by molar-refractivity contribution is -0.268. The second-order valence-electron chi connectivity index (χ2n) is 6.48. The Bertz CT molecular complexity index is 802. The first-order valence-electron chi connectivity index (χ1n) is 8.51. The zero-order valence-corrected chi connectivity index (χ0v) is 14.6. The summed E-state index contributed by atoms with van der Waals surface area (Å²) in [4.78, 5) is 0. The van der Waals surface area contributed by atoms with Gasteiger partial charge in [0.05, 0.1) is 6.10 Å². The summed E-state index contributed by atoms with van der Waals surface area (Å²) in [6, 6.07) is 11.1. The van der Waals surface area contributed by atoms with E-state index in [2.05, 4.69) is 0 Å². The Balaban J connectivity index is 1.76. The smallest absolute Gasteiger partial charge is 0.229 e. The van der Waals surface area contributed by atoms with Crippen molar-refractivity contribution in [2.45, 2.75) is 37.6 Å². The van der Waals surface area contributed by atoms with Crippen molar-refractivity contribution >= 4 is 12.2 Å². The minimum atomic E-state index is -1.44. The van der Waals surface area contributed by atoms with E-state index in [0.717, 1.165) is 5.56 Å². The van der Waals surface area contributed by atoms with Gasteiger partial charge < -0.3 is 35.0 Å². The van der Waals surface area contributed by atoms with Gasteiger partial charge in [0.15, 0.2) is 0 Å². The largest absolute Gasteiger partial charge is 0.508 e. The molecule has 0 amide bonds. The molecule has 5 N–H and O–H groups in total. The zero-order valence-electron chi connectivity index (χ0n) is 14.6. The SMILES string of the molecule is C[C@@H]1OC(Oc2cc(O)cc(/C=C/c3ccc(O)cc3)c2)[C@H](O)[C@H](O)[C@H]1O. The van der Waals surface area contributed by atoms with Gasteiger partial charge in [0.25, 0.3) is 0 Å². The molecule has 2 aromatic rings. The topological polar surface area (TPSA) is 120 Å². The molecule has 2 aromatic carbocycles. The van der Waals surface area contributed by atoms with Crippen LogP contribution in [0, 0.1) is 0 Å². The predicted octanol–water partition coefficient (Wildman–Crippen LogP) is 1.47. The van der Waals surface area contributed by atoms with Gasteiger partial charge in [-0.1, -0.05) is 24.3 Å². The van der Waals surface area contributed by atoms with Gasteiger partial charge in [-0.2, -0.15) is 0 Å². The van der Waals surface area contributed by atoms with Crippen molar-refractivity contribution in [3.8, 4) is 17.2 Å². The molecule has 0 aliphatic carbocycles. The van der Waals surface area contributed by atoms with Crippen LogP contribution in [-0.4, -0.2) is 56.2 Å². The van der Waals surface area contributed by atoms with Crippen molar-refractivity contribution in [1.29, 1.82) is 0 Å². The van der Waals surface area contributed by atoms with Crippen molar-refractivity contribution in [1.82, 2.24) is 0 Å². The number of aliphatic hydroxyl groups excluding tert-OH is 3. The van der Waals surface area contributed by atoms with Crippen molar-refractivity contribution in [3.05, 3.63) is 53.6 Å². The van der Waals surface area contributed by atoms with Gasteiger partial charge >= 0.3 is 0 Å². The molecule has 7 nitrogen and oxygen atoms in total. The third kappa shape index (κ3) is 4.58. The molecule has 0 bridgehead atoms. The number of hydrogen-bond acceptors (Lipinski definition) is 7. The quantitative estimate of drug-likeness (QED) is 0.514. The molecular weight excluding hydrogens is 352 g/mol. The Kier molecular flexibility index (Phi) is 5.67. The molecule has 0 aromatic heterocycles. The molecule has 1 fully saturated rings. The highest BCUT2D eigenvalue weighted by atomic mass is 16.7. The first-order valence-corrected chi connectivity index (χ1v) is 8.51. The van der Waals surface area contributed by atoms with Crippen molar-refractivity contribution in [2.24, 2.45) is 0 Å². The van der Waals surface area contributed by atoms with Crippen LogP contribution in [0.1, 0.15) is 18.1 Å². The van der Waals surface area contributed by atoms with Gasteiger partial charge in [-0.05, 0) is 42.3 Å². The first-order chi connectivity index (χ1) is 12.8. The Morgan fingerprint density at radius 1 is 0.815 bits per heavy atom. The van der Waals surface area contributed by atoms with Gasteiger partial charge in [-0.25, -0.2) is 0 Å². The van der Waals surface area contributed by atoms with E-state index in [0.29, 0.717) is 5.56 Å². The maximum atomic E-state index is 10.0. The summed E-state index contributed by atoms with van der Waals surface area (Å²) < 4.78 is 11.0. The summed E-state index contributed by atoms with van der Waals surface area (Å²) in [7, 11) is 0. The number of benzene rings is 2. The predicted molar refractivity (Wildman–Crippen MR) is 98.1 cm³/mol. The molecule has 5 atom stereocenters. The molecule has 0 radical (unpaired) electrons. The monoisotopic (exact) mass is 374 g/mol. The van der Waals surface area contributed by atoms with Crippen LogP contribution in [-0.2, 0) is 4.74 Å². The highest BCUT2D eigenvalue weighted by Crippen LogP contribution is 2.28. The molecule has 1 heterocycles. The second-order valence-corrected chi connectivity index (χ2v) is 6.48. The number of ether oxygens (including phenoxy) is 2. The van der Waals surface area contributed by atoms with Crippen LogP contribution in [0.15, 0.2) is 42.5 Å². The standard InChI is InChI=1S/C20H22O7/c1-11-17(23)18(24)19(25)20(26-11)27-16-9-13(8-15(22)10-16)3-2-12-4-6-14(21)7-5-12/h2-11,17-25H,1H3/b3-2+/t11-,17-,18+,19+,20?/m0/s1. The average molecular weight is 374 g/mol. The van der Waals surface area contributed by atoms with Crippen LogP contribution in [0.2, 0.25) is 0 Å². The van der Waals surface area contributed by atoms with E-state index in [1.54, 1.807) is 49.4 Å². The summed E-state index contributed by atoms with van der Waals surface area (Å²) in [5.41, 5.74) is 1.49. The maximum Gasteiger partial charge on any atom is 0.229 e. The number of phenols is 2. The van der Waals surface area contributed by atoms with E-state index in [-0.39, 0.29) is 17.2 Å². The first kappa shape index (κ1) is 19.2. The van der Waals surface area contributed by atoms with E-state index in [1.807, 2.05) is 0 Å². The molecule has 144 valence electrons. The van der Waals surface area contributed by atoms with E-state index < -0.39 is 30.7 Å². The fourth-order valence-corrected chi connectivity index (χ4v) is 2.79. The number of aliphatic hydroxyl groups is 3. The van der Waals surface area contributed by atoms with Gasteiger partial charge in [0.1, 0.15) is 35.6 Å². The zero-order chi connectivity index (χ0) is 19.6. The molecule has 7 heteroatoms. The highest BCUT2D eigenvalue weighted by molar-refractivity contribution is 5.71. The Labute approximate surface area is 156 Å². The summed E-state index contributed by atoms with van der Waals surface area (Å²) in [5, 5.41) is 48.9. The van der Waals surface area contributed by atoms with Gasteiger partial charge in [0, 0.05) is 6.07 Å². The average Bonchev–Trinajstić information content (AvgIpc) is 2.63. The van der Waals surface area contributed by atoms with Crippen molar-refractivity contribution in [3.63, 3.8) is 0 Å². The third-order valence-electron chi connectivity index (χ3n) is 4.34. The van der Waals surface area contributed by atoms with Crippen molar-refractivity contribution in [2.75, 3.05) is 0 Å². The molecule has 1 saturated heterocycles. The summed E-state index contributed by atoms with van der Waals surface area (Å²) in [5.74, 6) is 0.366. The summed E-state index contributed by atoms with van der Waals surface area (Å²) in [6.45, 7) is 1.56. The maximum absolute atomic E-state index is 10.0. The fraction of sp³-hybridized carbons (Fsp3) is 0.300. The molecule has 1 unspecified atom stereocenters. The Hall–Kier alpha value is -2.58. The van der Waals surface area contributed by atoms with Crippen LogP contribution in [0.3, 0.4) is 0 Å². The molecular formula is C20H22O7. The lowest BCUT2D eigenvalue weighted by Gasteiger charge is -2.38. The van der Waals surface area contributed by atoms with Crippen LogP contribution in [0.25, 0.3) is 12.2 Å². The van der Waals surface area contributed by atoms with Gasteiger partial charge in [0.2, 0.25) is 6.29 Å². The van der Waals surface area contributed by atoms with E-state index in [4.69, 9.17) is 9.47 Å². The summed E-state index contributed by atoms with van der Waals surface area (Å²) in [6.07, 6.45) is -2.41.